The molecule has 0 aliphatic heterocycles. The Hall–Kier alpha value is -1.77. The van der Waals surface area contributed by atoms with Gasteiger partial charge in [-0.15, -0.1) is 0 Å². The van der Waals surface area contributed by atoms with Crippen LogP contribution in [-0.4, -0.2) is 25.3 Å². The Bertz CT molecular complexity index is 544. The number of carboxylic acids is 1. The average Bonchev–Trinajstić information content (AvgIpc) is 2.20. The number of benzene rings is 1. The third-order valence-corrected chi connectivity index (χ3v) is 2.68. The lowest BCUT2D eigenvalue weighted by Crippen LogP contribution is -2.22. The van der Waals surface area contributed by atoms with Crippen molar-refractivity contribution in [2.24, 2.45) is 0 Å². The Morgan fingerprint density at radius 2 is 1.94 bits per heavy atom. The van der Waals surface area contributed by atoms with Crippen LogP contribution in [-0.2, 0) is 10.0 Å². The SMILES string of the molecule is O=C(O)c1cccc(F)c1NS(=O)(=O)C(F)F. The fourth-order valence-corrected chi connectivity index (χ4v) is 1.57. The van der Waals surface area contributed by atoms with Crippen LogP contribution in [0.1, 0.15) is 10.4 Å². The van der Waals surface area contributed by atoms with Crippen molar-refractivity contribution in [3.05, 3.63) is 29.6 Å². The smallest absolute Gasteiger partial charge is 0.355 e. The van der Waals surface area contributed by atoms with Gasteiger partial charge in [-0.05, 0) is 12.1 Å². The third-order valence-electron chi connectivity index (χ3n) is 1.72. The monoisotopic (exact) mass is 269 g/mol. The molecule has 0 saturated heterocycles. The topological polar surface area (TPSA) is 83.5 Å². The van der Waals surface area contributed by atoms with E-state index in [2.05, 4.69) is 0 Å². The van der Waals surface area contributed by atoms with E-state index in [9.17, 15) is 26.4 Å². The Balaban J connectivity index is 3.28. The summed E-state index contributed by atoms with van der Waals surface area (Å²) < 4.78 is 60.1. The van der Waals surface area contributed by atoms with Crippen LogP contribution in [0.2, 0.25) is 0 Å². The highest BCUT2D eigenvalue weighted by molar-refractivity contribution is 7.93. The number of nitrogens with one attached hydrogen (secondary N) is 1. The van der Waals surface area contributed by atoms with Crippen molar-refractivity contribution in [3.8, 4) is 0 Å². The van der Waals surface area contributed by atoms with E-state index in [1.54, 1.807) is 0 Å². The van der Waals surface area contributed by atoms with Crippen molar-refractivity contribution < 1.29 is 31.5 Å². The van der Waals surface area contributed by atoms with E-state index >= 15 is 0 Å². The molecule has 0 unspecified atom stereocenters. The molecule has 1 aromatic carbocycles. The van der Waals surface area contributed by atoms with Gasteiger partial charge in [-0.3, -0.25) is 4.72 Å². The number of hydrogen-bond donors (Lipinski definition) is 2. The molecule has 0 saturated carbocycles. The highest BCUT2D eigenvalue weighted by Gasteiger charge is 2.27. The minimum absolute atomic E-state index is 0.746. The standard InChI is InChI=1S/C8H6F3NO4S/c9-5-3-1-2-4(7(13)14)6(5)12-17(15,16)8(10)11/h1-3,8,12H,(H,13,14). The first kappa shape index (κ1) is 13.3. The quantitative estimate of drug-likeness (QED) is 0.867. The number of para-hydroxylation sites is 1. The number of aromatic carboxylic acids is 1. The van der Waals surface area contributed by atoms with Crippen LogP contribution in [0.5, 0.6) is 0 Å². The first-order valence-electron chi connectivity index (χ1n) is 4.07. The largest absolute Gasteiger partial charge is 0.478 e. The fraction of sp³-hybridized carbons (Fsp3) is 0.125. The Labute approximate surface area is 93.9 Å². The van der Waals surface area contributed by atoms with Crippen molar-refractivity contribution in [2.45, 2.75) is 5.76 Å². The van der Waals surface area contributed by atoms with Gasteiger partial charge in [-0.1, -0.05) is 6.07 Å². The van der Waals surface area contributed by atoms with E-state index in [0.29, 0.717) is 0 Å². The van der Waals surface area contributed by atoms with E-state index in [-0.39, 0.29) is 0 Å². The normalized spacial score (nSPS) is 11.5. The summed E-state index contributed by atoms with van der Waals surface area (Å²) in [5, 5.41) is 8.64. The fourth-order valence-electron chi connectivity index (χ4n) is 0.993. The van der Waals surface area contributed by atoms with Gasteiger partial charge in [0.15, 0.2) is 0 Å². The number of halogens is 3. The van der Waals surface area contributed by atoms with Gasteiger partial charge >= 0.3 is 11.7 Å². The molecule has 0 amide bonds. The van der Waals surface area contributed by atoms with Gasteiger partial charge in [0.1, 0.15) is 5.82 Å². The number of anilines is 1. The molecule has 94 valence electrons. The molecule has 0 heterocycles. The predicted octanol–water partition coefficient (Wildman–Crippen LogP) is 1.49. The summed E-state index contributed by atoms with van der Waals surface area (Å²) in [4.78, 5) is 10.6. The van der Waals surface area contributed by atoms with Crippen molar-refractivity contribution in [3.63, 3.8) is 0 Å². The Morgan fingerprint density at radius 1 is 1.35 bits per heavy atom. The van der Waals surface area contributed by atoms with Crippen LogP contribution < -0.4 is 4.72 Å². The molecule has 0 spiro atoms. The van der Waals surface area contributed by atoms with Gasteiger partial charge in [-0.25, -0.2) is 17.6 Å². The van der Waals surface area contributed by atoms with Crippen LogP contribution in [0.4, 0.5) is 18.9 Å². The van der Waals surface area contributed by atoms with E-state index in [1.807, 2.05) is 0 Å². The molecular formula is C8H6F3NO4S. The van der Waals surface area contributed by atoms with E-state index in [1.165, 1.54) is 4.72 Å². The maximum Gasteiger partial charge on any atom is 0.355 e. The highest BCUT2D eigenvalue weighted by Crippen LogP contribution is 2.22. The van der Waals surface area contributed by atoms with Gasteiger partial charge in [0.05, 0.1) is 11.3 Å². The lowest BCUT2D eigenvalue weighted by molar-refractivity contribution is 0.0697. The van der Waals surface area contributed by atoms with Crippen molar-refractivity contribution >= 4 is 21.7 Å². The van der Waals surface area contributed by atoms with Gasteiger partial charge in [0.25, 0.3) is 10.0 Å². The van der Waals surface area contributed by atoms with Crippen molar-refractivity contribution in [1.82, 2.24) is 0 Å². The summed E-state index contributed by atoms with van der Waals surface area (Å²) in [5.74, 6) is -6.69. The number of hydrogen-bond acceptors (Lipinski definition) is 3. The van der Waals surface area contributed by atoms with Crippen LogP contribution in [0.25, 0.3) is 0 Å². The minimum atomic E-state index is -5.12. The number of carbonyl (C=O) groups is 1. The number of alkyl halides is 2. The lowest BCUT2D eigenvalue weighted by atomic mass is 10.2. The van der Waals surface area contributed by atoms with Gasteiger partial charge in [0.2, 0.25) is 0 Å². The summed E-state index contributed by atoms with van der Waals surface area (Å²) in [5.41, 5.74) is -1.77. The van der Waals surface area contributed by atoms with Crippen LogP contribution in [0.3, 0.4) is 0 Å². The van der Waals surface area contributed by atoms with Gasteiger partial charge < -0.3 is 5.11 Å². The van der Waals surface area contributed by atoms with Crippen LogP contribution >= 0.6 is 0 Å². The van der Waals surface area contributed by atoms with Gasteiger partial charge in [0, 0.05) is 0 Å². The number of carboxylic acid groups (broad SMARTS) is 1. The molecule has 0 aromatic heterocycles. The molecule has 2 N–H and O–H groups in total. The molecule has 0 radical (unpaired) electrons. The van der Waals surface area contributed by atoms with Gasteiger partial charge in [-0.2, -0.15) is 8.78 Å². The third kappa shape index (κ3) is 2.87. The summed E-state index contributed by atoms with van der Waals surface area (Å²) in [6, 6.07) is 2.64. The first-order chi connectivity index (χ1) is 7.75. The summed E-state index contributed by atoms with van der Waals surface area (Å²) >= 11 is 0. The summed E-state index contributed by atoms with van der Waals surface area (Å²) in [7, 11) is -5.12. The van der Waals surface area contributed by atoms with Crippen molar-refractivity contribution in [2.75, 3.05) is 4.72 Å². The van der Waals surface area contributed by atoms with Crippen molar-refractivity contribution in [1.29, 1.82) is 0 Å². The molecule has 1 rings (SSSR count). The Morgan fingerprint density at radius 3 is 2.41 bits per heavy atom. The van der Waals surface area contributed by atoms with E-state index in [4.69, 9.17) is 5.11 Å². The first-order valence-corrected chi connectivity index (χ1v) is 5.62. The Kier molecular flexibility index (Phi) is 3.61. The molecule has 0 aliphatic rings. The second-order valence-corrected chi connectivity index (χ2v) is 4.53. The molecule has 0 atom stereocenters. The van der Waals surface area contributed by atoms with Crippen LogP contribution in [0.15, 0.2) is 18.2 Å². The highest BCUT2D eigenvalue weighted by atomic mass is 32.2. The molecule has 1 aromatic rings. The summed E-state index contributed by atoms with van der Waals surface area (Å²) in [6.45, 7) is 0. The molecule has 9 heteroatoms. The van der Waals surface area contributed by atoms with E-state index in [0.717, 1.165) is 18.2 Å². The molecule has 0 fully saturated rings. The van der Waals surface area contributed by atoms with Crippen LogP contribution in [0, 0.1) is 5.82 Å². The molecule has 17 heavy (non-hydrogen) atoms. The predicted molar refractivity (Wildman–Crippen MR) is 51.9 cm³/mol. The maximum absolute atomic E-state index is 13.2. The second kappa shape index (κ2) is 4.62. The maximum atomic E-state index is 13.2. The molecule has 0 aliphatic carbocycles. The zero-order chi connectivity index (χ0) is 13.2. The zero-order valence-corrected chi connectivity index (χ0v) is 8.84. The van der Waals surface area contributed by atoms with E-state index < -0.39 is 38.8 Å². The summed E-state index contributed by atoms with van der Waals surface area (Å²) in [6.07, 6.45) is 0. The minimum Gasteiger partial charge on any atom is -0.478 e. The molecular weight excluding hydrogens is 263 g/mol. The number of sulfonamides is 1. The number of rotatable bonds is 4. The zero-order valence-electron chi connectivity index (χ0n) is 8.02. The molecule has 0 bridgehead atoms. The molecule has 5 nitrogen and oxygen atoms in total. The lowest BCUT2D eigenvalue weighted by Gasteiger charge is -2.10. The second-order valence-electron chi connectivity index (χ2n) is 2.88. The average molecular weight is 269 g/mol.